The molecular formula is C14H9Br2Cl2F. The van der Waals surface area contributed by atoms with Crippen LogP contribution in [0.2, 0.25) is 10.0 Å². The summed E-state index contributed by atoms with van der Waals surface area (Å²) in [6.45, 7) is 0. The fourth-order valence-corrected chi connectivity index (χ4v) is 3.47. The number of hydrogen-bond acceptors (Lipinski definition) is 0. The SMILES string of the molecule is Fc1cccc(Cl)c1CC(Br)c1cc(Br)ccc1Cl. The maximum atomic E-state index is 13.8. The Morgan fingerprint density at radius 1 is 1.11 bits per heavy atom. The summed E-state index contributed by atoms with van der Waals surface area (Å²) >= 11 is 19.1. The van der Waals surface area contributed by atoms with Gasteiger partial charge in [-0.15, -0.1) is 0 Å². The van der Waals surface area contributed by atoms with Gasteiger partial charge in [-0.2, -0.15) is 0 Å². The predicted molar refractivity (Wildman–Crippen MR) is 85.9 cm³/mol. The highest BCUT2D eigenvalue weighted by Crippen LogP contribution is 2.36. The van der Waals surface area contributed by atoms with E-state index in [0.717, 1.165) is 10.0 Å². The van der Waals surface area contributed by atoms with Crippen LogP contribution in [0.3, 0.4) is 0 Å². The smallest absolute Gasteiger partial charge is 0.127 e. The molecule has 0 radical (unpaired) electrons. The maximum Gasteiger partial charge on any atom is 0.127 e. The van der Waals surface area contributed by atoms with E-state index in [1.807, 2.05) is 12.1 Å². The standard InChI is InChI=1S/C14H9Br2Cl2F/c15-8-4-5-13(18)9(6-8)11(16)7-10-12(17)2-1-3-14(10)19/h1-6,11H,7H2. The van der Waals surface area contributed by atoms with Gasteiger partial charge in [0.25, 0.3) is 0 Å². The van der Waals surface area contributed by atoms with Crippen LogP contribution in [0.5, 0.6) is 0 Å². The third-order valence-electron chi connectivity index (χ3n) is 2.74. The molecule has 5 heteroatoms. The van der Waals surface area contributed by atoms with Crippen LogP contribution >= 0.6 is 55.1 Å². The first-order valence-corrected chi connectivity index (χ1v) is 7.97. The Labute approximate surface area is 138 Å². The molecule has 0 nitrogen and oxygen atoms in total. The average molecular weight is 427 g/mol. The molecule has 0 heterocycles. The van der Waals surface area contributed by atoms with Crippen molar-refractivity contribution < 1.29 is 4.39 Å². The molecule has 0 aliphatic rings. The minimum Gasteiger partial charge on any atom is -0.207 e. The van der Waals surface area contributed by atoms with Crippen molar-refractivity contribution in [2.24, 2.45) is 0 Å². The number of rotatable bonds is 3. The molecule has 0 fully saturated rings. The Balaban J connectivity index is 2.31. The van der Waals surface area contributed by atoms with Gasteiger partial charge in [0.1, 0.15) is 5.82 Å². The van der Waals surface area contributed by atoms with Crippen LogP contribution in [0.4, 0.5) is 4.39 Å². The molecule has 0 amide bonds. The molecule has 19 heavy (non-hydrogen) atoms. The molecule has 0 spiro atoms. The molecule has 100 valence electrons. The van der Waals surface area contributed by atoms with Crippen LogP contribution in [0.1, 0.15) is 16.0 Å². The van der Waals surface area contributed by atoms with E-state index < -0.39 is 0 Å². The summed E-state index contributed by atoms with van der Waals surface area (Å²) in [7, 11) is 0. The third kappa shape index (κ3) is 3.72. The Hall–Kier alpha value is -0.0900. The first-order valence-electron chi connectivity index (χ1n) is 5.51. The van der Waals surface area contributed by atoms with E-state index >= 15 is 0 Å². The van der Waals surface area contributed by atoms with Crippen LogP contribution in [0.15, 0.2) is 40.9 Å². The summed E-state index contributed by atoms with van der Waals surface area (Å²) in [6.07, 6.45) is 0.432. The Morgan fingerprint density at radius 3 is 2.53 bits per heavy atom. The topological polar surface area (TPSA) is 0 Å². The maximum absolute atomic E-state index is 13.8. The lowest BCUT2D eigenvalue weighted by Gasteiger charge is -2.14. The second kappa shape index (κ2) is 6.57. The Kier molecular flexibility index (Phi) is 5.29. The lowest BCUT2D eigenvalue weighted by atomic mass is 10.0. The predicted octanol–water partition coefficient (Wildman–Crippen LogP) is 6.57. The molecule has 2 aromatic carbocycles. The summed E-state index contributed by atoms with van der Waals surface area (Å²) in [5, 5.41) is 1.06. The van der Waals surface area contributed by atoms with Gasteiger partial charge in [0, 0.05) is 24.9 Å². The fourth-order valence-electron chi connectivity index (χ4n) is 1.77. The van der Waals surface area contributed by atoms with Crippen LogP contribution in [-0.4, -0.2) is 0 Å². The van der Waals surface area contributed by atoms with E-state index in [0.29, 0.717) is 22.0 Å². The van der Waals surface area contributed by atoms with Crippen molar-refractivity contribution in [3.63, 3.8) is 0 Å². The molecule has 0 N–H and O–H groups in total. The number of hydrogen-bond donors (Lipinski definition) is 0. The van der Waals surface area contributed by atoms with Gasteiger partial charge in [0.15, 0.2) is 0 Å². The van der Waals surface area contributed by atoms with E-state index in [4.69, 9.17) is 23.2 Å². The Bertz CT molecular complexity index is 582. The van der Waals surface area contributed by atoms with Crippen LogP contribution in [-0.2, 0) is 6.42 Å². The van der Waals surface area contributed by atoms with E-state index in [1.54, 1.807) is 18.2 Å². The van der Waals surface area contributed by atoms with E-state index in [2.05, 4.69) is 31.9 Å². The van der Waals surface area contributed by atoms with Crippen molar-refractivity contribution >= 4 is 55.1 Å². The Morgan fingerprint density at radius 2 is 1.84 bits per heavy atom. The van der Waals surface area contributed by atoms with Crippen LogP contribution in [0, 0.1) is 5.82 Å². The first kappa shape index (κ1) is 15.3. The second-order valence-electron chi connectivity index (χ2n) is 4.04. The highest BCUT2D eigenvalue weighted by Gasteiger charge is 2.16. The van der Waals surface area contributed by atoms with Gasteiger partial charge in [0.05, 0.1) is 0 Å². The van der Waals surface area contributed by atoms with Gasteiger partial charge in [-0.1, -0.05) is 61.1 Å². The molecule has 0 saturated heterocycles. The zero-order chi connectivity index (χ0) is 14.0. The molecule has 0 aliphatic heterocycles. The minimum atomic E-state index is -0.303. The van der Waals surface area contributed by atoms with Gasteiger partial charge < -0.3 is 0 Å². The summed E-state index contributed by atoms with van der Waals surface area (Å²) in [4.78, 5) is -0.105. The molecular weight excluding hydrogens is 418 g/mol. The van der Waals surface area contributed by atoms with Gasteiger partial charge in [-0.3, -0.25) is 0 Å². The van der Waals surface area contributed by atoms with Crippen molar-refractivity contribution in [3.8, 4) is 0 Å². The monoisotopic (exact) mass is 424 g/mol. The normalized spacial score (nSPS) is 12.5. The van der Waals surface area contributed by atoms with Crippen molar-refractivity contribution in [1.29, 1.82) is 0 Å². The molecule has 0 aliphatic carbocycles. The van der Waals surface area contributed by atoms with Crippen molar-refractivity contribution in [2.75, 3.05) is 0 Å². The molecule has 1 unspecified atom stereocenters. The van der Waals surface area contributed by atoms with Crippen molar-refractivity contribution in [1.82, 2.24) is 0 Å². The molecule has 0 saturated carbocycles. The average Bonchev–Trinajstić information content (AvgIpc) is 2.37. The van der Waals surface area contributed by atoms with Crippen LogP contribution in [0.25, 0.3) is 0 Å². The molecule has 2 aromatic rings. The summed E-state index contributed by atoms with van der Waals surface area (Å²) in [5.41, 5.74) is 1.39. The fraction of sp³-hybridized carbons (Fsp3) is 0.143. The molecule has 1 atom stereocenters. The minimum absolute atomic E-state index is 0.105. The summed E-state index contributed by atoms with van der Waals surface area (Å²) in [5.74, 6) is -0.303. The van der Waals surface area contributed by atoms with Gasteiger partial charge >= 0.3 is 0 Å². The van der Waals surface area contributed by atoms with Crippen molar-refractivity contribution in [2.45, 2.75) is 11.2 Å². The zero-order valence-corrected chi connectivity index (χ0v) is 14.3. The third-order valence-corrected chi connectivity index (χ3v) is 4.75. The quantitative estimate of drug-likeness (QED) is 0.486. The molecule has 0 bridgehead atoms. The number of halogens is 5. The summed E-state index contributed by atoms with van der Waals surface area (Å²) in [6, 6.07) is 10.3. The summed E-state index contributed by atoms with van der Waals surface area (Å²) < 4.78 is 14.7. The van der Waals surface area contributed by atoms with Gasteiger partial charge in [-0.05, 0) is 42.3 Å². The van der Waals surface area contributed by atoms with Gasteiger partial charge in [-0.25, -0.2) is 4.39 Å². The first-order chi connectivity index (χ1) is 8.99. The molecule has 2 rings (SSSR count). The van der Waals surface area contributed by atoms with Gasteiger partial charge in [0.2, 0.25) is 0 Å². The van der Waals surface area contributed by atoms with Crippen LogP contribution < -0.4 is 0 Å². The highest BCUT2D eigenvalue weighted by atomic mass is 79.9. The largest absolute Gasteiger partial charge is 0.207 e. The zero-order valence-electron chi connectivity index (χ0n) is 9.64. The lowest BCUT2D eigenvalue weighted by Crippen LogP contribution is -2.00. The number of benzene rings is 2. The van der Waals surface area contributed by atoms with E-state index in [9.17, 15) is 4.39 Å². The van der Waals surface area contributed by atoms with E-state index in [-0.39, 0.29) is 10.6 Å². The molecule has 0 aromatic heterocycles. The highest BCUT2D eigenvalue weighted by molar-refractivity contribution is 9.10. The second-order valence-corrected chi connectivity index (χ2v) is 6.87. The van der Waals surface area contributed by atoms with Crippen molar-refractivity contribution in [3.05, 3.63) is 67.9 Å². The lowest BCUT2D eigenvalue weighted by molar-refractivity contribution is 0.608. The number of alkyl halides is 1. The van der Waals surface area contributed by atoms with E-state index in [1.165, 1.54) is 6.07 Å².